The molecule has 130 valence electrons. The minimum absolute atomic E-state index is 0.0409. The molecule has 5 atom stereocenters. The van der Waals surface area contributed by atoms with Crippen molar-refractivity contribution in [3.8, 4) is 0 Å². The van der Waals surface area contributed by atoms with E-state index in [1.165, 1.54) is 10.6 Å². The van der Waals surface area contributed by atoms with Gasteiger partial charge in [0.05, 0.1) is 27.7 Å². The van der Waals surface area contributed by atoms with Crippen molar-refractivity contribution in [3.63, 3.8) is 0 Å². The molecule has 0 saturated carbocycles. The van der Waals surface area contributed by atoms with Gasteiger partial charge >= 0.3 is 7.82 Å². The van der Waals surface area contributed by atoms with Crippen LogP contribution in [0.5, 0.6) is 0 Å². The second kappa shape index (κ2) is 5.81. The van der Waals surface area contributed by atoms with E-state index in [9.17, 15) is 14.6 Å². The Morgan fingerprint density at radius 1 is 1.29 bits per heavy atom. The van der Waals surface area contributed by atoms with Gasteiger partial charge in [0.15, 0.2) is 6.23 Å². The van der Waals surface area contributed by atoms with Gasteiger partial charge in [-0.05, 0) is 23.7 Å². The summed E-state index contributed by atoms with van der Waals surface area (Å²) < 4.78 is 28.3. The van der Waals surface area contributed by atoms with Gasteiger partial charge in [0, 0.05) is 0 Å². The van der Waals surface area contributed by atoms with Crippen molar-refractivity contribution in [1.82, 2.24) is 9.55 Å². The summed E-state index contributed by atoms with van der Waals surface area (Å²) in [5, 5.41) is 11.1. The standard InChI is InChI=1S/C12H10Cl3N2O6P/c13-4-1-6-7(2-5(4)14)17(12(15)16-6)11-9(18)10-8(22-11)3-21-24(19,20)23-10/h1-2,8-11,18H,3H2,(H,19,20)/t8-,9-,10-,11-/m1/s1. The van der Waals surface area contributed by atoms with Crippen molar-refractivity contribution < 1.29 is 28.3 Å². The van der Waals surface area contributed by atoms with Gasteiger partial charge in [-0.1, -0.05) is 23.2 Å². The molecule has 12 heteroatoms. The van der Waals surface area contributed by atoms with Gasteiger partial charge in [-0.25, -0.2) is 9.55 Å². The smallest absolute Gasteiger partial charge is 0.386 e. The van der Waals surface area contributed by atoms with E-state index < -0.39 is 32.4 Å². The lowest BCUT2D eigenvalue weighted by molar-refractivity contribution is -0.0662. The topological polar surface area (TPSA) is 103 Å². The summed E-state index contributed by atoms with van der Waals surface area (Å²) in [6.07, 6.45) is -4.01. The summed E-state index contributed by atoms with van der Waals surface area (Å²) in [6.45, 7) is -0.192. The number of nitrogens with zero attached hydrogens (tertiary/aromatic N) is 2. The van der Waals surface area contributed by atoms with Gasteiger partial charge in [-0.15, -0.1) is 0 Å². The first-order valence-electron chi connectivity index (χ1n) is 6.78. The van der Waals surface area contributed by atoms with Crippen molar-refractivity contribution in [2.24, 2.45) is 0 Å². The van der Waals surface area contributed by atoms with E-state index >= 15 is 0 Å². The molecule has 2 fully saturated rings. The fourth-order valence-electron chi connectivity index (χ4n) is 2.85. The Labute approximate surface area is 150 Å². The zero-order valence-corrected chi connectivity index (χ0v) is 14.8. The van der Waals surface area contributed by atoms with E-state index in [1.807, 2.05) is 0 Å². The van der Waals surface area contributed by atoms with Crippen LogP contribution >= 0.6 is 42.6 Å². The molecule has 0 radical (unpaired) electrons. The van der Waals surface area contributed by atoms with Crippen LogP contribution in [0, 0.1) is 0 Å². The number of phosphoric ester groups is 1. The van der Waals surface area contributed by atoms with Crippen LogP contribution in [0.3, 0.4) is 0 Å². The number of imidazole rings is 1. The number of fused-ring (bicyclic) bond motifs is 2. The molecule has 2 aliphatic rings. The number of aliphatic hydroxyl groups is 1. The largest absolute Gasteiger partial charge is 0.472 e. The Morgan fingerprint density at radius 3 is 2.75 bits per heavy atom. The third-order valence-electron chi connectivity index (χ3n) is 3.91. The molecule has 2 saturated heterocycles. The van der Waals surface area contributed by atoms with Crippen molar-refractivity contribution in [3.05, 3.63) is 27.5 Å². The van der Waals surface area contributed by atoms with Gasteiger partial charge in [0.1, 0.15) is 18.3 Å². The molecule has 1 unspecified atom stereocenters. The average molecular weight is 416 g/mol. The van der Waals surface area contributed by atoms with Crippen LogP contribution in [0.2, 0.25) is 15.3 Å². The van der Waals surface area contributed by atoms with Crippen LogP contribution in [0.15, 0.2) is 12.1 Å². The summed E-state index contributed by atoms with van der Waals surface area (Å²) >= 11 is 18.2. The number of benzene rings is 1. The Balaban J connectivity index is 1.77. The summed E-state index contributed by atoms with van der Waals surface area (Å²) in [5.74, 6) is 0. The minimum Gasteiger partial charge on any atom is -0.386 e. The zero-order chi connectivity index (χ0) is 17.2. The van der Waals surface area contributed by atoms with E-state index in [0.29, 0.717) is 16.1 Å². The number of hydrogen-bond donors (Lipinski definition) is 2. The third-order valence-corrected chi connectivity index (χ3v) is 5.88. The van der Waals surface area contributed by atoms with Gasteiger partial charge in [-0.2, -0.15) is 0 Å². The Kier molecular flexibility index (Phi) is 4.12. The first-order chi connectivity index (χ1) is 11.3. The molecule has 2 aromatic rings. The second-order valence-electron chi connectivity index (χ2n) is 5.40. The first kappa shape index (κ1) is 17.0. The van der Waals surface area contributed by atoms with Crippen molar-refractivity contribution in [2.75, 3.05) is 6.61 Å². The minimum atomic E-state index is -4.21. The predicted octanol–water partition coefficient (Wildman–Crippen LogP) is 2.77. The van der Waals surface area contributed by atoms with E-state index in [1.54, 1.807) is 6.07 Å². The lowest BCUT2D eigenvalue weighted by Gasteiger charge is -2.27. The average Bonchev–Trinajstić information content (AvgIpc) is 2.96. The SMILES string of the molecule is O=P1(O)OC[C@H]2O[C@@H](n3c(Cl)nc4cc(Cl)c(Cl)cc43)[C@H](O)[C@@H]2O1. The fourth-order valence-corrected chi connectivity index (χ4v) is 4.41. The van der Waals surface area contributed by atoms with Crippen LogP contribution in [0.1, 0.15) is 6.23 Å². The molecule has 0 spiro atoms. The van der Waals surface area contributed by atoms with Crippen LogP contribution in [0.4, 0.5) is 0 Å². The van der Waals surface area contributed by atoms with Crippen LogP contribution in [-0.2, 0) is 18.3 Å². The fraction of sp³-hybridized carbons (Fsp3) is 0.417. The predicted molar refractivity (Wildman–Crippen MR) is 85.3 cm³/mol. The molecule has 0 aliphatic carbocycles. The maximum absolute atomic E-state index is 11.5. The quantitative estimate of drug-likeness (QED) is 0.690. The summed E-state index contributed by atoms with van der Waals surface area (Å²) in [5.41, 5.74) is 0.954. The van der Waals surface area contributed by atoms with E-state index in [4.69, 9.17) is 48.6 Å². The Morgan fingerprint density at radius 2 is 2.00 bits per heavy atom. The molecule has 24 heavy (non-hydrogen) atoms. The summed E-state index contributed by atoms with van der Waals surface area (Å²) in [7, 11) is -4.21. The third kappa shape index (κ3) is 2.67. The van der Waals surface area contributed by atoms with Crippen molar-refractivity contribution >= 4 is 53.7 Å². The lowest BCUT2D eigenvalue weighted by atomic mass is 10.1. The molecule has 3 heterocycles. The van der Waals surface area contributed by atoms with Crippen LogP contribution in [-0.4, -0.2) is 44.5 Å². The molecule has 2 N–H and O–H groups in total. The highest BCUT2D eigenvalue weighted by atomic mass is 35.5. The van der Waals surface area contributed by atoms with E-state index in [2.05, 4.69) is 4.98 Å². The normalized spacial score (nSPS) is 36.2. The number of halogens is 3. The molecular formula is C12H10Cl3N2O6P. The van der Waals surface area contributed by atoms with Crippen LogP contribution < -0.4 is 0 Å². The molecule has 4 rings (SSSR count). The number of rotatable bonds is 1. The first-order valence-corrected chi connectivity index (χ1v) is 9.41. The lowest BCUT2D eigenvalue weighted by Crippen LogP contribution is -2.39. The highest BCUT2D eigenvalue weighted by Crippen LogP contribution is 2.53. The number of aromatic nitrogens is 2. The molecule has 2 aliphatic heterocycles. The van der Waals surface area contributed by atoms with Gasteiger partial charge in [-0.3, -0.25) is 13.6 Å². The van der Waals surface area contributed by atoms with E-state index in [0.717, 1.165) is 0 Å². The maximum Gasteiger partial charge on any atom is 0.472 e. The highest BCUT2D eigenvalue weighted by Gasteiger charge is 2.53. The van der Waals surface area contributed by atoms with Gasteiger partial charge in [0.25, 0.3) is 0 Å². The highest BCUT2D eigenvalue weighted by molar-refractivity contribution is 7.47. The molecule has 0 bridgehead atoms. The number of phosphoric acid groups is 1. The number of aliphatic hydroxyl groups excluding tert-OH is 1. The van der Waals surface area contributed by atoms with Gasteiger partial charge < -0.3 is 14.7 Å². The number of ether oxygens (including phenoxy) is 1. The zero-order valence-electron chi connectivity index (χ0n) is 11.7. The maximum atomic E-state index is 11.5. The number of hydrogen-bond acceptors (Lipinski definition) is 6. The summed E-state index contributed by atoms with van der Waals surface area (Å²) in [4.78, 5) is 13.6. The monoisotopic (exact) mass is 414 g/mol. The molecule has 0 amide bonds. The molecule has 8 nitrogen and oxygen atoms in total. The van der Waals surface area contributed by atoms with E-state index in [-0.39, 0.29) is 16.9 Å². The Bertz CT molecular complexity index is 876. The van der Waals surface area contributed by atoms with Gasteiger partial charge in [0.2, 0.25) is 5.28 Å². The van der Waals surface area contributed by atoms with Crippen molar-refractivity contribution in [1.29, 1.82) is 0 Å². The van der Waals surface area contributed by atoms with Crippen LogP contribution in [0.25, 0.3) is 11.0 Å². The molecule has 1 aromatic carbocycles. The molecule has 1 aromatic heterocycles. The summed E-state index contributed by atoms with van der Waals surface area (Å²) in [6, 6.07) is 3.09. The van der Waals surface area contributed by atoms with Crippen molar-refractivity contribution in [2.45, 2.75) is 24.5 Å². The second-order valence-corrected chi connectivity index (χ2v) is 7.95. The molecular weight excluding hydrogens is 405 g/mol. The Hall–Kier alpha value is -0.410.